The molecule has 0 unspecified atom stereocenters. The molecule has 1 amide bonds. The summed E-state index contributed by atoms with van der Waals surface area (Å²) in [7, 11) is 0. The molecule has 0 aromatic carbocycles. The minimum Gasteiger partial charge on any atom is -0.379 e. The van der Waals surface area contributed by atoms with E-state index < -0.39 is 0 Å². The van der Waals surface area contributed by atoms with Gasteiger partial charge in [-0.1, -0.05) is 41.5 Å². The molecule has 0 aliphatic heterocycles. The molecule has 0 saturated carbocycles. The van der Waals surface area contributed by atoms with Gasteiger partial charge in [-0.15, -0.1) is 0 Å². The number of rotatable bonds is 17. The van der Waals surface area contributed by atoms with E-state index in [2.05, 4.69) is 26.1 Å². The third kappa shape index (κ3) is 19.9. The number of nitrogens with one attached hydrogen (secondary N) is 1. The molecule has 27 heavy (non-hydrogen) atoms. The summed E-state index contributed by atoms with van der Waals surface area (Å²) in [4.78, 5) is 11.6. The second kappa shape index (κ2) is 16.3. The van der Waals surface area contributed by atoms with E-state index in [-0.39, 0.29) is 11.3 Å². The molecule has 0 aromatic rings. The van der Waals surface area contributed by atoms with Gasteiger partial charge >= 0.3 is 0 Å². The van der Waals surface area contributed by atoms with Crippen molar-refractivity contribution in [3.63, 3.8) is 0 Å². The van der Waals surface area contributed by atoms with E-state index in [4.69, 9.17) is 18.9 Å². The summed E-state index contributed by atoms with van der Waals surface area (Å²) in [5, 5.41) is 2.85. The Morgan fingerprint density at radius 2 is 1.22 bits per heavy atom. The Labute approximate surface area is 166 Å². The van der Waals surface area contributed by atoms with Gasteiger partial charge in [0.25, 0.3) is 0 Å². The van der Waals surface area contributed by atoms with Crippen LogP contribution in [0.15, 0.2) is 0 Å². The minimum atomic E-state index is 0.0132. The SMILES string of the molecule is CC(C)[C@@H](C)CCOCCOCCOCCOCCNC(=O)CC(C)(C)C. The second-order valence-corrected chi connectivity index (χ2v) is 8.55. The minimum absolute atomic E-state index is 0.0132. The van der Waals surface area contributed by atoms with Gasteiger partial charge in [0.2, 0.25) is 5.91 Å². The molecule has 0 rings (SSSR count). The summed E-state index contributed by atoms with van der Waals surface area (Å²) in [6.45, 7) is 18.1. The van der Waals surface area contributed by atoms with E-state index in [0.29, 0.717) is 71.0 Å². The van der Waals surface area contributed by atoms with Gasteiger partial charge in [-0.05, 0) is 23.7 Å². The van der Waals surface area contributed by atoms with Crippen molar-refractivity contribution in [2.45, 2.75) is 54.4 Å². The number of amides is 1. The normalized spacial score (nSPS) is 13.1. The highest BCUT2D eigenvalue weighted by atomic mass is 16.6. The van der Waals surface area contributed by atoms with Crippen LogP contribution in [0.25, 0.3) is 0 Å². The Bertz CT molecular complexity index is 355. The number of ether oxygens (including phenoxy) is 4. The Hall–Kier alpha value is -0.690. The highest BCUT2D eigenvalue weighted by molar-refractivity contribution is 5.76. The fourth-order valence-electron chi connectivity index (χ4n) is 2.17. The van der Waals surface area contributed by atoms with Crippen LogP contribution < -0.4 is 5.32 Å². The lowest BCUT2D eigenvalue weighted by atomic mass is 9.92. The monoisotopic (exact) mass is 389 g/mol. The summed E-state index contributed by atoms with van der Waals surface area (Å²) in [5.74, 6) is 1.47. The van der Waals surface area contributed by atoms with Crippen molar-refractivity contribution in [1.29, 1.82) is 0 Å². The van der Waals surface area contributed by atoms with Crippen molar-refractivity contribution >= 4 is 5.91 Å². The van der Waals surface area contributed by atoms with Gasteiger partial charge in [-0.25, -0.2) is 0 Å². The quantitative estimate of drug-likeness (QED) is 0.387. The fourth-order valence-corrected chi connectivity index (χ4v) is 2.17. The lowest BCUT2D eigenvalue weighted by Crippen LogP contribution is -2.30. The highest BCUT2D eigenvalue weighted by Gasteiger charge is 2.15. The van der Waals surface area contributed by atoms with Crippen LogP contribution in [0.3, 0.4) is 0 Å². The molecule has 6 heteroatoms. The number of hydrogen-bond donors (Lipinski definition) is 1. The number of carbonyl (C=O) groups excluding carboxylic acids is 1. The molecule has 0 bridgehead atoms. The molecule has 6 nitrogen and oxygen atoms in total. The van der Waals surface area contributed by atoms with Crippen molar-refractivity contribution in [1.82, 2.24) is 5.32 Å². The standard InChI is InChI=1S/C21H43NO5/c1-18(2)19(3)7-9-24-11-13-26-15-16-27-14-12-25-10-8-22-20(23)17-21(4,5)6/h18-19H,7-17H2,1-6H3,(H,22,23)/t19-/m0/s1. The van der Waals surface area contributed by atoms with E-state index in [9.17, 15) is 4.79 Å². The molecule has 1 atom stereocenters. The zero-order valence-corrected chi connectivity index (χ0v) is 18.5. The van der Waals surface area contributed by atoms with E-state index >= 15 is 0 Å². The van der Waals surface area contributed by atoms with Crippen molar-refractivity contribution in [3.8, 4) is 0 Å². The summed E-state index contributed by atoms with van der Waals surface area (Å²) < 4.78 is 21.9. The molecule has 0 spiro atoms. The maximum atomic E-state index is 11.6. The third-order valence-electron chi connectivity index (χ3n) is 4.23. The van der Waals surface area contributed by atoms with Crippen molar-refractivity contribution in [3.05, 3.63) is 0 Å². The predicted octanol–water partition coefficient (Wildman–Crippen LogP) is 3.29. The molecule has 0 fully saturated rings. The molecule has 162 valence electrons. The Kier molecular flexibility index (Phi) is 15.9. The van der Waals surface area contributed by atoms with Gasteiger partial charge in [-0.2, -0.15) is 0 Å². The van der Waals surface area contributed by atoms with Gasteiger partial charge in [0.15, 0.2) is 0 Å². The summed E-state index contributed by atoms with van der Waals surface area (Å²) in [6.07, 6.45) is 1.62. The molecule has 0 heterocycles. The molecule has 0 radical (unpaired) electrons. The topological polar surface area (TPSA) is 66.0 Å². The highest BCUT2D eigenvalue weighted by Crippen LogP contribution is 2.17. The lowest BCUT2D eigenvalue weighted by molar-refractivity contribution is -0.123. The maximum absolute atomic E-state index is 11.6. The summed E-state index contributed by atoms with van der Waals surface area (Å²) in [6, 6.07) is 0. The van der Waals surface area contributed by atoms with Gasteiger partial charge < -0.3 is 24.3 Å². The Morgan fingerprint density at radius 3 is 1.67 bits per heavy atom. The van der Waals surface area contributed by atoms with Crippen molar-refractivity contribution < 1.29 is 23.7 Å². The van der Waals surface area contributed by atoms with Crippen LogP contribution in [0.2, 0.25) is 0 Å². The van der Waals surface area contributed by atoms with Crippen LogP contribution in [-0.2, 0) is 23.7 Å². The predicted molar refractivity (Wildman–Crippen MR) is 109 cm³/mol. The summed E-state index contributed by atoms with van der Waals surface area (Å²) >= 11 is 0. The first kappa shape index (κ1) is 26.3. The fraction of sp³-hybridized carbons (Fsp3) is 0.952. The molecule has 0 aromatic heterocycles. The molecule has 0 aliphatic rings. The van der Waals surface area contributed by atoms with Crippen LogP contribution >= 0.6 is 0 Å². The largest absolute Gasteiger partial charge is 0.379 e. The number of hydrogen-bond acceptors (Lipinski definition) is 5. The van der Waals surface area contributed by atoms with Crippen LogP contribution in [0, 0.1) is 17.3 Å². The molecular weight excluding hydrogens is 346 g/mol. The molecule has 0 aliphatic carbocycles. The van der Waals surface area contributed by atoms with Gasteiger partial charge in [-0.3, -0.25) is 4.79 Å². The van der Waals surface area contributed by atoms with Crippen molar-refractivity contribution in [2.24, 2.45) is 17.3 Å². The molecule has 1 N–H and O–H groups in total. The lowest BCUT2D eigenvalue weighted by Gasteiger charge is -2.17. The van der Waals surface area contributed by atoms with Gasteiger partial charge in [0.05, 0.1) is 46.2 Å². The van der Waals surface area contributed by atoms with E-state index in [1.165, 1.54) is 0 Å². The third-order valence-corrected chi connectivity index (χ3v) is 4.23. The van der Waals surface area contributed by atoms with Crippen LogP contribution in [0.5, 0.6) is 0 Å². The van der Waals surface area contributed by atoms with E-state index in [1.807, 2.05) is 20.8 Å². The Balaban J connectivity index is 3.20. The number of carbonyl (C=O) groups is 1. The zero-order chi connectivity index (χ0) is 20.5. The molecular formula is C21H43NO5. The zero-order valence-electron chi connectivity index (χ0n) is 18.5. The smallest absolute Gasteiger partial charge is 0.220 e. The average molecular weight is 390 g/mol. The summed E-state index contributed by atoms with van der Waals surface area (Å²) in [5.41, 5.74) is 0.0132. The maximum Gasteiger partial charge on any atom is 0.220 e. The average Bonchev–Trinajstić information content (AvgIpc) is 2.56. The van der Waals surface area contributed by atoms with Crippen LogP contribution in [0.1, 0.15) is 54.4 Å². The van der Waals surface area contributed by atoms with E-state index in [0.717, 1.165) is 13.0 Å². The van der Waals surface area contributed by atoms with Crippen molar-refractivity contribution in [2.75, 3.05) is 59.4 Å². The first-order valence-corrected chi connectivity index (χ1v) is 10.3. The Morgan fingerprint density at radius 1 is 0.778 bits per heavy atom. The second-order valence-electron chi connectivity index (χ2n) is 8.55. The molecule has 0 saturated heterocycles. The van der Waals surface area contributed by atoms with Crippen LogP contribution in [-0.4, -0.2) is 65.3 Å². The first-order chi connectivity index (χ1) is 12.7. The van der Waals surface area contributed by atoms with Crippen LogP contribution in [0.4, 0.5) is 0 Å². The first-order valence-electron chi connectivity index (χ1n) is 10.3. The van der Waals surface area contributed by atoms with Gasteiger partial charge in [0.1, 0.15) is 0 Å². The van der Waals surface area contributed by atoms with E-state index in [1.54, 1.807) is 0 Å². The van der Waals surface area contributed by atoms with Gasteiger partial charge in [0, 0.05) is 19.6 Å².